The summed E-state index contributed by atoms with van der Waals surface area (Å²) in [5.41, 5.74) is 11.5. The summed E-state index contributed by atoms with van der Waals surface area (Å²) in [5, 5.41) is 7.56. The van der Waals surface area contributed by atoms with Crippen LogP contribution < -0.4 is 15.4 Å². The number of rotatable bonds is 5. The fourth-order valence-electron chi connectivity index (χ4n) is 8.90. The third-order valence-corrected chi connectivity index (χ3v) is 11.3. The number of ether oxygens (including phenoxy) is 1. The normalized spacial score (nSPS) is 19.3. The molecule has 5 aromatic carbocycles. The maximum absolute atomic E-state index is 6.75. The second-order valence-electron chi connectivity index (χ2n) is 13.9. The third-order valence-electron chi connectivity index (χ3n) is 11.3. The van der Waals surface area contributed by atoms with Gasteiger partial charge in [-0.3, -0.25) is 0 Å². The van der Waals surface area contributed by atoms with E-state index in [9.17, 15) is 0 Å². The van der Waals surface area contributed by atoms with Gasteiger partial charge in [-0.15, -0.1) is 0 Å². The highest BCUT2D eigenvalue weighted by Crippen LogP contribution is 2.46. The van der Waals surface area contributed by atoms with Crippen molar-refractivity contribution in [1.82, 2.24) is 9.30 Å². The van der Waals surface area contributed by atoms with E-state index in [1.54, 1.807) is 0 Å². The lowest BCUT2D eigenvalue weighted by Gasteiger charge is -2.36. The molecule has 2 aliphatic carbocycles. The maximum Gasteiger partial charge on any atom is 0.135 e. The van der Waals surface area contributed by atoms with Gasteiger partial charge in [-0.05, 0) is 72.5 Å². The number of para-hydroxylation sites is 3. The number of hydrogen-bond acceptors (Lipinski definition) is 3. The minimum Gasteiger partial charge on any atom is -0.485 e. The van der Waals surface area contributed by atoms with E-state index in [2.05, 4.69) is 144 Å². The van der Waals surface area contributed by atoms with Gasteiger partial charge in [0.15, 0.2) is 0 Å². The van der Waals surface area contributed by atoms with Crippen molar-refractivity contribution in [3.8, 4) is 16.9 Å². The van der Waals surface area contributed by atoms with Crippen molar-refractivity contribution in [2.75, 3.05) is 0 Å². The number of allylic oxidation sites excluding steroid dienone is 2. The van der Waals surface area contributed by atoms with Crippen molar-refractivity contribution in [2.24, 2.45) is 0 Å². The fraction of sp³-hybridized carbons (Fsp3) is 0.130. The number of aromatic nitrogens is 1. The first-order chi connectivity index (χ1) is 24.6. The zero-order valence-electron chi connectivity index (χ0n) is 27.8. The molecule has 0 N–H and O–H groups in total. The van der Waals surface area contributed by atoms with Crippen LogP contribution in [0.5, 0.6) is 5.75 Å². The summed E-state index contributed by atoms with van der Waals surface area (Å²) in [6.07, 6.45) is 13.1. The first-order valence-electron chi connectivity index (χ1n) is 17.7. The topological polar surface area (TPSA) is 30.0 Å². The van der Waals surface area contributed by atoms with E-state index in [0.29, 0.717) is 0 Å². The molecule has 0 radical (unpaired) electrons. The van der Waals surface area contributed by atoms with Crippen molar-refractivity contribution < 1.29 is 9.15 Å². The second-order valence-corrected chi connectivity index (χ2v) is 13.9. The van der Waals surface area contributed by atoms with Gasteiger partial charge in [-0.1, -0.05) is 98.5 Å². The molecule has 3 aromatic heterocycles. The average molecular weight is 647 g/mol. The van der Waals surface area contributed by atoms with Gasteiger partial charge in [0.2, 0.25) is 0 Å². The Morgan fingerprint density at radius 3 is 2.46 bits per heavy atom. The van der Waals surface area contributed by atoms with Gasteiger partial charge in [-0.2, -0.15) is 0 Å². The molecule has 4 heterocycles. The highest BCUT2D eigenvalue weighted by atomic mass is 16.5. The van der Waals surface area contributed by atoms with Gasteiger partial charge in [0, 0.05) is 55.0 Å². The van der Waals surface area contributed by atoms with Crippen molar-refractivity contribution in [3.63, 3.8) is 0 Å². The Balaban J connectivity index is 0.935. The Bertz CT molecular complexity index is 2920. The summed E-state index contributed by atoms with van der Waals surface area (Å²) in [7, 11) is 0. The highest BCUT2D eigenvalue weighted by molar-refractivity contribution is 6.23. The van der Waals surface area contributed by atoms with Crippen LogP contribution in [0.2, 0.25) is 0 Å². The molecule has 4 heteroatoms. The standard InChI is InChI=1S/C46H34N2O2/c1-3-27(2)47(30-17-20-35-33-10-5-7-14-42(33)49-44(35)25-30)31-18-21-36-34-19-15-29(24-43(34)50-45(36)26-31)28-16-22-41-39(23-28)38-12-8-11-37-32-9-4-6-13-40(32)48(41)46(37)38/h4-16,18-26,30,36,45H,2-3,17H2,1H3. The molecule has 3 unspecified atom stereocenters. The number of hydrogen-bond donors (Lipinski definition) is 0. The molecule has 0 bridgehead atoms. The molecule has 0 saturated heterocycles. The quantitative estimate of drug-likeness (QED) is 0.187. The Kier molecular flexibility index (Phi) is 5.72. The van der Waals surface area contributed by atoms with E-state index in [0.717, 1.165) is 41.0 Å². The summed E-state index contributed by atoms with van der Waals surface area (Å²) in [5.74, 6) is 1.14. The summed E-state index contributed by atoms with van der Waals surface area (Å²) in [6, 6.07) is 37.5. The van der Waals surface area contributed by atoms with Crippen molar-refractivity contribution >= 4 is 61.2 Å². The van der Waals surface area contributed by atoms with Crippen LogP contribution in [0.4, 0.5) is 0 Å². The molecule has 3 aliphatic rings. The summed E-state index contributed by atoms with van der Waals surface area (Å²) >= 11 is 0. The van der Waals surface area contributed by atoms with Crippen molar-refractivity contribution in [3.05, 3.63) is 156 Å². The molecule has 0 spiro atoms. The number of benzene rings is 5. The fourth-order valence-corrected chi connectivity index (χ4v) is 8.90. The van der Waals surface area contributed by atoms with E-state index < -0.39 is 0 Å². The molecule has 1 aliphatic heterocycles. The Labute approximate surface area is 289 Å². The minimum atomic E-state index is -0.0708. The van der Waals surface area contributed by atoms with Crippen molar-refractivity contribution in [1.29, 1.82) is 0 Å². The van der Waals surface area contributed by atoms with E-state index >= 15 is 0 Å². The molecule has 50 heavy (non-hydrogen) atoms. The summed E-state index contributed by atoms with van der Waals surface area (Å²) in [6.45, 7) is 6.67. The van der Waals surface area contributed by atoms with Crippen LogP contribution in [-0.4, -0.2) is 21.4 Å². The molecule has 8 aromatic rings. The van der Waals surface area contributed by atoms with Gasteiger partial charge < -0.3 is 18.5 Å². The Hall–Kier alpha value is -6.00. The monoisotopic (exact) mass is 646 g/mol. The number of nitrogens with zero attached hydrogens (tertiary/aromatic N) is 2. The molecule has 11 rings (SSSR count). The summed E-state index contributed by atoms with van der Waals surface area (Å²) < 4.78 is 15.5. The smallest absolute Gasteiger partial charge is 0.135 e. The zero-order valence-corrected chi connectivity index (χ0v) is 27.8. The van der Waals surface area contributed by atoms with Crippen LogP contribution in [0.1, 0.15) is 31.2 Å². The first-order valence-corrected chi connectivity index (χ1v) is 17.7. The average Bonchev–Trinajstić information content (AvgIpc) is 3.90. The van der Waals surface area contributed by atoms with Gasteiger partial charge in [0.1, 0.15) is 22.9 Å². The van der Waals surface area contributed by atoms with Crippen LogP contribution in [0.15, 0.2) is 144 Å². The van der Waals surface area contributed by atoms with Crippen LogP contribution >= 0.6 is 0 Å². The number of furan rings is 1. The first kappa shape index (κ1) is 27.9. The largest absolute Gasteiger partial charge is 0.485 e. The second kappa shape index (κ2) is 10.3. The van der Waals surface area contributed by atoms with E-state index in [4.69, 9.17) is 9.15 Å². The summed E-state index contributed by atoms with van der Waals surface area (Å²) in [4.78, 5) is 2.38. The molecule has 3 atom stereocenters. The van der Waals surface area contributed by atoms with Gasteiger partial charge in [0.25, 0.3) is 0 Å². The van der Waals surface area contributed by atoms with Gasteiger partial charge >= 0.3 is 0 Å². The SMILES string of the molecule is C=C(CC)N(C1=CC2Oc3cc(-c4ccc5c(c4)c4cccc6c7ccccc7n5c64)ccc3C2C=C1)C1C=c2oc3ccccc3c2=CC1. The van der Waals surface area contributed by atoms with Crippen molar-refractivity contribution in [2.45, 2.75) is 37.8 Å². The molecule has 4 nitrogen and oxygen atoms in total. The Morgan fingerprint density at radius 2 is 1.56 bits per heavy atom. The minimum absolute atomic E-state index is 0.0708. The molecule has 0 amide bonds. The maximum atomic E-state index is 6.75. The predicted octanol–water partition coefficient (Wildman–Crippen LogP) is 9.81. The van der Waals surface area contributed by atoms with Crippen LogP contribution in [0.3, 0.4) is 0 Å². The van der Waals surface area contributed by atoms with Crippen LogP contribution in [-0.2, 0) is 0 Å². The molecular weight excluding hydrogens is 613 g/mol. The van der Waals surface area contributed by atoms with Gasteiger partial charge in [-0.25, -0.2) is 0 Å². The van der Waals surface area contributed by atoms with E-state index in [1.165, 1.54) is 65.4 Å². The molecule has 0 saturated carbocycles. The van der Waals surface area contributed by atoms with E-state index in [1.807, 2.05) is 12.1 Å². The lowest BCUT2D eigenvalue weighted by molar-refractivity contribution is 0.260. The van der Waals surface area contributed by atoms with Crippen LogP contribution in [0.25, 0.3) is 72.3 Å². The van der Waals surface area contributed by atoms with Gasteiger partial charge in [0.05, 0.1) is 22.6 Å². The molecule has 240 valence electrons. The zero-order chi connectivity index (χ0) is 33.1. The third kappa shape index (κ3) is 3.82. The number of fused-ring (bicyclic) bond motifs is 12. The highest BCUT2D eigenvalue weighted by Gasteiger charge is 2.35. The lowest BCUT2D eigenvalue weighted by atomic mass is 9.89. The predicted molar refractivity (Wildman–Crippen MR) is 205 cm³/mol. The molecular formula is C46H34N2O2. The lowest BCUT2D eigenvalue weighted by Crippen LogP contribution is -2.38. The van der Waals surface area contributed by atoms with E-state index in [-0.39, 0.29) is 18.1 Å². The molecule has 0 fully saturated rings. The Morgan fingerprint density at radius 1 is 0.800 bits per heavy atom. The van der Waals surface area contributed by atoms with Crippen LogP contribution in [0, 0.1) is 0 Å².